The fraction of sp³-hybridized carbons (Fsp3) is 0.675. The number of ether oxygens (including phenoxy) is 5. The molecule has 0 spiro atoms. The standard InChI is InChI=1S/C40H63N3O14/c1-30(31(2)44)42-38(48)29-56-27-24-53-21-11-12-33(45)28-55-26-25-54-23-20-41-36(46)19-18-35(40(51)52)43-37(47)13-9-7-5-3-4-6-8-10-22-57-34-16-14-32(15-17-34)39(49)50/h14-17,30,35H,3-13,18-29H2,1-2H3,(H,41,46)(H,42,48)(H,43,47)(H,49,50)(H,51,52)/t30-,35-/m0/s1. The Morgan fingerprint density at radius 3 is 1.82 bits per heavy atom. The minimum absolute atomic E-state index is 0.0399. The third kappa shape index (κ3) is 28.6. The van der Waals surface area contributed by atoms with Gasteiger partial charge in [0.25, 0.3) is 0 Å². The van der Waals surface area contributed by atoms with E-state index < -0.39 is 24.0 Å². The Morgan fingerprint density at radius 2 is 1.19 bits per heavy atom. The van der Waals surface area contributed by atoms with Gasteiger partial charge in [0, 0.05) is 32.4 Å². The first-order valence-corrected chi connectivity index (χ1v) is 19.8. The van der Waals surface area contributed by atoms with E-state index in [0.717, 1.165) is 44.9 Å². The van der Waals surface area contributed by atoms with E-state index in [-0.39, 0.29) is 113 Å². The van der Waals surface area contributed by atoms with Crippen LogP contribution >= 0.6 is 0 Å². The van der Waals surface area contributed by atoms with Gasteiger partial charge in [-0.05, 0) is 63.8 Å². The molecule has 1 aromatic carbocycles. The third-order valence-electron chi connectivity index (χ3n) is 8.50. The number of benzene rings is 1. The van der Waals surface area contributed by atoms with Crippen LogP contribution in [0.15, 0.2) is 24.3 Å². The average Bonchev–Trinajstić information content (AvgIpc) is 3.17. The molecule has 0 aliphatic rings. The van der Waals surface area contributed by atoms with Crippen LogP contribution in [0, 0.1) is 0 Å². The molecule has 0 heterocycles. The van der Waals surface area contributed by atoms with Gasteiger partial charge in [0.2, 0.25) is 17.7 Å². The smallest absolute Gasteiger partial charge is 0.335 e. The van der Waals surface area contributed by atoms with Crippen LogP contribution in [-0.4, -0.2) is 130 Å². The fourth-order valence-corrected chi connectivity index (χ4v) is 5.10. The third-order valence-corrected chi connectivity index (χ3v) is 8.50. The number of hydrogen-bond donors (Lipinski definition) is 5. The van der Waals surface area contributed by atoms with Gasteiger partial charge in [-0.1, -0.05) is 38.5 Å². The normalized spacial score (nSPS) is 12.0. The minimum atomic E-state index is -1.20. The van der Waals surface area contributed by atoms with Crippen molar-refractivity contribution in [3.63, 3.8) is 0 Å². The number of ketones is 2. The first kappa shape index (κ1) is 50.6. The molecule has 0 saturated heterocycles. The van der Waals surface area contributed by atoms with Crippen molar-refractivity contribution < 1.29 is 67.5 Å². The zero-order valence-corrected chi connectivity index (χ0v) is 33.5. The summed E-state index contributed by atoms with van der Waals surface area (Å²) < 4.78 is 26.9. The lowest BCUT2D eigenvalue weighted by Crippen LogP contribution is -2.41. The molecule has 0 unspecified atom stereocenters. The van der Waals surface area contributed by atoms with Gasteiger partial charge >= 0.3 is 11.9 Å². The van der Waals surface area contributed by atoms with Crippen molar-refractivity contribution in [3.8, 4) is 5.75 Å². The maximum Gasteiger partial charge on any atom is 0.335 e. The fourth-order valence-electron chi connectivity index (χ4n) is 5.10. The molecule has 1 rings (SSSR count). The minimum Gasteiger partial charge on any atom is -0.494 e. The molecule has 0 radical (unpaired) electrons. The molecular weight excluding hydrogens is 746 g/mol. The molecule has 0 aliphatic carbocycles. The van der Waals surface area contributed by atoms with Crippen LogP contribution in [0.25, 0.3) is 0 Å². The second-order valence-electron chi connectivity index (χ2n) is 13.5. The number of aliphatic carboxylic acids is 1. The Kier molecular flexibility index (Phi) is 28.9. The molecule has 17 heteroatoms. The van der Waals surface area contributed by atoms with E-state index in [4.69, 9.17) is 28.8 Å². The lowest BCUT2D eigenvalue weighted by atomic mass is 10.1. The number of carbonyl (C=O) groups is 7. The highest BCUT2D eigenvalue weighted by Gasteiger charge is 2.21. The van der Waals surface area contributed by atoms with Gasteiger partial charge in [0.05, 0.1) is 51.2 Å². The molecule has 57 heavy (non-hydrogen) atoms. The van der Waals surface area contributed by atoms with Gasteiger partial charge in [-0.3, -0.25) is 24.0 Å². The van der Waals surface area contributed by atoms with Crippen molar-refractivity contribution in [1.82, 2.24) is 16.0 Å². The van der Waals surface area contributed by atoms with Gasteiger partial charge < -0.3 is 49.8 Å². The highest BCUT2D eigenvalue weighted by atomic mass is 16.5. The summed E-state index contributed by atoms with van der Waals surface area (Å²) in [5.41, 5.74) is 0.223. The van der Waals surface area contributed by atoms with E-state index in [0.29, 0.717) is 31.8 Å². The largest absolute Gasteiger partial charge is 0.494 e. The summed E-state index contributed by atoms with van der Waals surface area (Å²) in [4.78, 5) is 81.7. The monoisotopic (exact) mass is 809 g/mol. The number of carboxylic acids is 2. The Hall–Kier alpha value is -4.45. The molecule has 1 aromatic rings. The number of aromatic carboxylic acids is 1. The average molecular weight is 810 g/mol. The van der Waals surface area contributed by atoms with E-state index >= 15 is 0 Å². The van der Waals surface area contributed by atoms with Crippen molar-refractivity contribution in [3.05, 3.63) is 29.8 Å². The molecule has 3 amide bonds. The molecule has 0 aliphatic heterocycles. The number of nitrogens with one attached hydrogen (secondary N) is 3. The summed E-state index contributed by atoms with van der Waals surface area (Å²) in [5.74, 6) is -2.84. The van der Waals surface area contributed by atoms with Crippen LogP contribution in [0.5, 0.6) is 5.75 Å². The molecular formula is C40H63N3O14. The Bertz CT molecular complexity index is 1340. The van der Waals surface area contributed by atoms with Gasteiger partial charge in [0.15, 0.2) is 11.6 Å². The zero-order chi connectivity index (χ0) is 42.1. The van der Waals surface area contributed by atoms with Crippen LogP contribution in [0.2, 0.25) is 0 Å². The van der Waals surface area contributed by atoms with Crippen LogP contribution in [0.3, 0.4) is 0 Å². The Balaban J connectivity index is 1.95. The van der Waals surface area contributed by atoms with E-state index in [1.807, 2.05) is 0 Å². The number of Topliss-reactive ketones (excluding diaryl/α,β-unsaturated/α-hetero) is 2. The topological polar surface area (TPSA) is 242 Å². The van der Waals surface area contributed by atoms with Crippen molar-refractivity contribution in [2.24, 2.45) is 0 Å². The van der Waals surface area contributed by atoms with Gasteiger partial charge in [-0.25, -0.2) is 9.59 Å². The van der Waals surface area contributed by atoms with E-state index in [1.165, 1.54) is 19.1 Å². The Labute approximate surface area is 335 Å². The molecule has 0 saturated carbocycles. The second-order valence-corrected chi connectivity index (χ2v) is 13.5. The molecule has 0 fully saturated rings. The molecule has 0 bridgehead atoms. The summed E-state index contributed by atoms with van der Waals surface area (Å²) in [6, 6.07) is 4.62. The van der Waals surface area contributed by atoms with E-state index in [2.05, 4.69) is 16.0 Å². The summed E-state index contributed by atoms with van der Waals surface area (Å²) >= 11 is 0. The zero-order valence-electron chi connectivity index (χ0n) is 33.5. The summed E-state index contributed by atoms with van der Waals surface area (Å²) in [5, 5.41) is 26.1. The lowest BCUT2D eigenvalue weighted by Gasteiger charge is -2.14. The SMILES string of the molecule is CC(=O)[C@H](C)NC(=O)COCCOCCCC(=O)COCCOCCNC(=O)CC[C@H](NC(=O)CCCCCCCCCCOc1ccc(C(=O)O)cc1)C(=O)O. The van der Waals surface area contributed by atoms with Gasteiger partial charge in [0.1, 0.15) is 25.0 Å². The number of rotatable bonds is 37. The van der Waals surface area contributed by atoms with Crippen molar-refractivity contribution in [2.45, 2.75) is 109 Å². The highest BCUT2D eigenvalue weighted by molar-refractivity contribution is 5.88. The van der Waals surface area contributed by atoms with Crippen LogP contribution in [-0.2, 0) is 47.7 Å². The van der Waals surface area contributed by atoms with Crippen molar-refractivity contribution in [1.29, 1.82) is 0 Å². The summed E-state index contributed by atoms with van der Waals surface area (Å²) in [6.07, 6.45) is 8.49. The number of hydrogen-bond acceptors (Lipinski definition) is 12. The molecule has 5 N–H and O–H groups in total. The van der Waals surface area contributed by atoms with Crippen LogP contribution in [0.1, 0.15) is 108 Å². The maximum atomic E-state index is 12.3. The van der Waals surface area contributed by atoms with E-state index in [1.54, 1.807) is 19.1 Å². The second kappa shape index (κ2) is 32.6. The molecule has 0 aromatic heterocycles. The first-order valence-electron chi connectivity index (χ1n) is 19.8. The van der Waals surface area contributed by atoms with Crippen LogP contribution in [0.4, 0.5) is 0 Å². The predicted molar refractivity (Wildman–Crippen MR) is 208 cm³/mol. The maximum absolute atomic E-state index is 12.3. The van der Waals surface area contributed by atoms with Crippen molar-refractivity contribution >= 4 is 41.2 Å². The predicted octanol–water partition coefficient (Wildman–Crippen LogP) is 3.25. The number of carboxylic acid groups (broad SMARTS) is 2. The molecule has 17 nitrogen and oxygen atoms in total. The highest BCUT2D eigenvalue weighted by Crippen LogP contribution is 2.14. The van der Waals surface area contributed by atoms with Crippen LogP contribution < -0.4 is 20.7 Å². The number of carbonyl (C=O) groups excluding carboxylic acids is 5. The Morgan fingerprint density at radius 1 is 0.596 bits per heavy atom. The van der Waals surface area contributed by atoms with E-state index in [9.17, 15) is 38.7 Å². The molecule has 322 valence electrons. The quantitative estimate of drug-likeness (QED) is 0.0607. The molecule has 2 atom stereocenters. The lowest BCUT2D eigenvalue weighted by molar-refractivity contribution is -0.142. The number of amides is 3. The van der Waals surface area contributed by atoms with Crippen molar-refractivity contribution in [2.75, 3.05) is 66.0 Å². The summed E-state index contributed by atoms with van der Waals surface area (Å²) in [7, 11) is 0. The van der Waals surface area contributed by atoms with Gasteiger partial charge in [-0.15, -0.1) is 0 Å². The first-order chi connectivity index (χ1) is 27.4. The number of unbranched alkanes of at least 4 members (excludes halogenated alkanes) is 7. The summed E-state index contributed by atoms with van der Waals surface area (Å²) in [6.45, 7) is 4.97. The van der Waals surface area contributed by atoms with Gasteiger partial charge in [-0.2, -0.15) is 0 Å².